The van der Waals surface area contributed by atoms with E-state index in [1.165, 1.54) is 10.7 Å². The van der Waals surface area contributed by atoms with Crippen LogP contribution in [0.3, 0.4) is 0 Å². The van der Waals surface area contributed by atoms with Gasteiger partial charge in [-0.1, -0.05) is 17.7 Å². The Balaban J connectivity index is 1.66. The first-order chi connectivity index (χ1) is 12.3. The third-order valence-corrected chi connectivity index (χ3v) is 5.38. The summed E-state index contributed by atoms with van der Waals surface area (Å²) in [5.41, 5.74) is 2.04. The molecule has 0 saturated heterocycles. The minimum absolute atomic E-state index is 0.0737. The van der Waals surface area contributed by atoms with Gasteiger partial charge >= 0.3 is 0 Å². The molecule has 0 unspecified atom stereocenters. The molecule has 6 nitrogen and oxygen atoms in total. The number of aryl methyl sites for hydroxylation is 1. The summed E-state index contributed by atoms with van der Waals surface area (Å²) in [5.74, 6) is -0.269. The molecule has 2 heterocycles. The molecule has 3 aromatic rings. The van der Waals surface area contributed by atoms with Crippen LogP contribution in [0.2, 0.25) is 5.02 Å². The summed E-state index contributed by atoms with van der Waals surface area (Å²) < 4.78 is 17.9. The second-order valence-electron chi connectivity index (χ2n) is 5.79. The summed E-state index contributed by atoms with van der Waals surface area (Å²) >= 11 is 9.46. The average Bonchev–Trinajstić information content (AvgIpc) is 3.11. The average molecular weight is 441 g/mol. The van der Waals surface area contributed by atoms with Gasteiger partial charge in [0.2, 0.25) is 5.91 Å². The Labute approximate surface area is 163 Å². The first-order valence-corrected chi connectivity index (χ1v) is 8.98. The minimum Gasteiger partial charge on any atom is -0.308 e. The van der Waals surface area contributed by atoms with E-state index in [9.17, 15) is 9.18 Å². The summed E-state index contributed by atoms with van der Waals surface area (Å²) in [5, 5.41) is 11.6. The molecule has 0 aliphatic carbocycles. The SMILES string of the molecule is Cc1nn(CC(=O)Nc2ccn(Cc3c(F)cccc3Cl)n2)c(C)c1Br. The van der Waals surface area contributed by atoms with E-state index in [1.54, 1.807) is 29.1 Å². The molecule has 2 aromatic heterocycles. The van der Waals surface area contributed by atoms with Gasteiger partial charge in [-0.25, -0.2) is 4.39 Å². The van der Waals surface area contributed by atoms with E-state index < -0.39 is 5.82 Å². The predicted octanol–water partition coefficient (Wildman–Crippen LogP) is 3.94. The highest BCUT2D eigenvalue weighted by atomic mass is 79.9. The Bertz CT molecular complexity index is 948. The van der Waals surface area contributed by atoms with Crippen molar-refractivity contribution < 1.29 is 9.18 Å². The van der Waals surface area contributed by atoms with Crippen molar-refractivity contribution in [2.45, 2.75) is 26.9 Å². The normalized spacial score (nSPS) is 11.0. The first kappa shape index (κ1) is 18.6. The van der Waals surface area contributed by atoms with Crippen LogP contribution in [0.1, 0.15) is 17.0 Å². The van der Waals surface area contributed by atoms with Crippen molar-refractivity contribution >= 4 is 39.3 Å². The molecule has 0 radical (unpaired) electrons. The van der Waals surface area contributed by atoms with Gasteiger partial charge in [-0.05, 0) is 41.9 Å². The van der Waals surface area contributed by atoms with Gasteiger partial charge in [0.05, 0.1) is 22.4 Å². The topological polar surface area (TPSA) is 64.7 Å². The quantitative estimate of drug-likeness (QED) is 0.653. The van der Waals surface area contributed by atoms with Gasteiger partial charge in [-0.3, -0.25) is 14.2 Å². The summed E-state index contributed by atoms with van der Waals surface area (Å²) in [6, 6.07) is 6.16. The number of amides is 1. The number of hydrogen-bond acceptors (Lipinski definition) is 3. The van der Waals surface area contributed by atoms with Crippen molar-refractivity contribution in [2.24, 2.45) is 0 Å². The maximum Gasteiger partial charge on any atom is 0.247 e. The number of benzene rings is 1. The number of halogens is 3. The van der Waals surface area contributed by atoms with Crippen LogP contribution < -0.4 is 5.32 Å². The fraction of sp³-hybridized carbons (Fsp3) is 0.235. The van der Waals surface area contributed by atoms with Crippen LogP contribution >= 0.6 is 27.5 Å². The van der Waals surface area contributed by atoms with E-state index in [0.717, 1.165) is 15.9 Å². The molecule has 1 amide bonds. The van der Waals surface area contributed by atoms with Gasteiger partial charge < -0.3 is 5.32 Å². The van der Waals surface area contributed by atoms with E-state index in [-0.39, 0.29) is 19.0 Å². The van der Waals surface area contributed by atoms with Gasteiger partial charge in [-0.2, -0.15) is 10.2 Å². The van der Waals surface area contributed by atoms with E-state index in [0.29, 0.717) is 16.4 Å². The Morgan fingerprint density at radius 1 is 1.31 bits per heavy atom. The lowest BCUT2D eigenvalue weighted by Gasteiger charge is -2.06. The molecular formula is C17H16BrClFN5O. The molecule has 136 valence electrons. The van der Waals surface area contributed by atoms with Crippen LogP contribution in [0.5, 0.6) is 0 Å². The molecule has 3 rings (SSSR count). The molecule has 26 heavy (non-hydrogen) atoms. The van der Waals surface area contributed by atoms with Crippen molar-refractivity contribution in [1.82, 2.24) is 19.6 Å². The summed E-state index contributed by atoms with van der Waals surface area (Å²) in [6.07, 6.45) is 1.65. The predicted molar refractivity (Wildman–Crippen MR) is 101 cm³/mol. The van der Waals surface area contributed by atoms with Crippen molar-refractivity contribution in [1.29, 1.82) is 0 Å². The maximum absolute atomic E-state index is 13.9. The Hall–Kier alpha value is -2.19. The molecule has 0 bridgehead atoms. The third kappa shape index (κ3) is 3.96. The van der Waals surface area contributed by atoms with Crippen LogP contribution in [0.15, 0.2) is 34.9 Å². The highest BCUT2D eigenvalue weighted by Crippen LogP contribution is 2.21. The zero-order chi connectivity index (χ0) is 18.8. The first-order valence-electron chi connectivity index (χ1n) is 7.81. The van der Waals surface area contributed by atoms with E-state index in [1.807, 2.05) is 13.8 Å². The van der Waals surface area contributed by atoms with Crippen LogP contribution in [-0.4, -0.2) is 25.5 Å². The fourth-order valence-electron chi connectivity index (χ4n) is 2.51. The molecule has 0 atom stereocenters. The molecule has 0 aliphatic heterocycles. The lowest BCUT2D eigenvalue weighted by atomic mass is 10.2. The number of nitrogens with one attached hydrogen (secondary N) is 1. The van der Waals surface area contributed by atoms with E-state index in [4.69, 9.17) is 11.6 Å². The fourth-order valence-corrected chi connectivity index (χ4v) is 3.02. The van der Waals surface area contributed by atoms with Gasteiger partial charge in [0, 0.05) is 22.8 Å². The molecule has 0 aliphatic rings. The van der Waals surface area contributed by atoms with Gasteiger partial charge in [0.25, 0.3) is 0 Å². The molecule has 0 fully saturated rings. The molecule has 0 saturated carbocycles. The van der Waals surface area contributed by atoms with Gasteiger partial charge in [-0.15, -0.1) is 0 Å². The smallest absolute Gasteiger partial charge is 0.247 e. The lowest BCUT2D eigenvalue weighted by Crippen LogP contribution is -2.20. The molecule has 0 spiro atoms. The number of hydrogen-bond donors (Lipinski definition) is 1. The zero-order valence-corrected chi connectivity index (χ0v) is 16.5. The van der Waals surface area contributed by atoms with E-state index in [2.05, 4.69) is 31.4 Å². The summed E-state index contributed by atoms with van der Waals surface area (Å²) in [6.45, 7) is 3.99. The van der Waals surface area contributed by atoms with Crippen LogP contribution in [0.4, 0.5) is 10.2 Å². The Morgan fingerprint density at radius 2 is 2.08 bits per heavy atom. The second-order valence-corrected chi connectivity index (χ2v) is 6.99. The van der Waals surface area contributed by atoms with Crippen molar-refractivity contribution in [3.8, 4) is 0 Å². The van der Waals surface area contributed by atoms with Crippen LogP contribution in [0, 0.1) is 19.7 Å². The highest BCUT2D eigenvalue weighted by molar-refractivity contribution is 9.10. The van der Waals surface area contributed by atoms with Gasteiger partial charge in [0.15, 0.2) is 5.82 Å². The number of carbonyl (C=O) groups excluding carboxylic acids is 1. The minimum atomic E-state index is -0.395. The monoisotopic (exact) mass is 439 g/mol. The van der Waals surface area contributed by atoms with Crippen molar-refractivity contribution in [2.75, 3.05) is 5.32 Å². The lowest BCUT2D eigenvalue weighted by molar-refractivity contribution is -0.117. The zero-order valence-electron chi connectivity index (χ0n) is 14.1. The highest BCUT2D eigenvalue weighted by Gasteiger charge is 2.13. The summed E-state index contributed by atoms with van der Waals surface area (Å²) in [7, 11) is 0. The van der Waals surface area contributed by atoms with Crippen LogP contribution in [0.25, 0.3) is 0 Å². The van der Waals surface area contributed by atoms with Crippen LogP contribution in [-0.2, 0) is 17.9 Å². The second kappa shape index (κ2) is 7.59. The summed E-state index contributed by atoms with van der Waals surface area (Å²) in [4.78, 5) is 12.2. The number of anilines is 1. The standard InChI is InChI=1S/C17H16BrClFN5O/c1-10-17(18)11(2)25(22-10)9-16(26)21-15-6-7-24(23-15)8-12-13(19)4-3-5-14(12)20/h3-7H,8-9H2,1-2H3,(H,21,23,26). The largest absolute Gasteiger partial charge is 0.308 e. The number of rotatable bonds is 5. The maximum atomic E-state index is 13.9. The molecule has 1 N–H and O–H groups in total. The van der Waals surface area contributed by atoms with E-state index >= 15 is 0 Å². The number of nitrogens with zero attached hydrogens (tertiary/aromatic N) is 4. The molecule has 1 aromatic carbocycles. The van der Waals surface area contributed by atoms with Gasteiger partial charge in [0.1, 0.15) is 12.4 Å². The molecule has 9 heteroatoms. The third-order valence-electron chi connectivity index (χ3n) is 3.88. The van der Waals surface area contributed by atoms with Crippen molar-refractivity contribution in [3.05, 3.63) is 62.7 Å². The Kier molecular flexibility index (Phi) is 5.43. The number of aromatic nitrogens is 4. The number of carbonyl (C=O) groups is 1. The Morgan fingerprint density at radius 3 is 2.73 bits per heavy atom. The molecular weight excluding hydrogens is 425 g/mol. The van der Waals surface area contributed by atoms with Crippen molar-refractivity contribution in [3.63, 3.8) is 0 Å².